The van der Waals surface area contributed by atoms with Gasteiger partial charge in [-0.05, 0) is 37.0 Å². The van der Waals surface area contributed by atoms with Crippen LogP contribution in [0.2, 0.25) is 0 Å². The molecule has 1 aliphatic carbocycles. The molecule has 1 heterocycles. The smallest absolute Gasteiger partial charge is 0.251 e. The monoisotopic (exact) mass is 259 g/mol. The van der Waals surface area contributed by atoms with Crippen LogP contribution in [-0.4, -0.2) is 23.9 Å². The summed E-state index contributed by atoms with van der Waals surface area (Å²) in [6.45, 7) is 0.509. The van der Waals surface area contributed by atoms with Gasteiger partial charge in [0.25, 0.3) is 5.91 Å². The van der Waals surface area contributed by atoms with Crippen LogP contribution in [0.4, 0.5) is 5.69 Å². The molecule has 0 bridgehead atoms. The second-order valence-corrected chi connectivity index (χ2v) is 5.50. The van der Waals surface area contributed by atoms with Crippen molar-refractivity contribution in [3.63, 3.8) is 0 Å². The number of carbonyl (C=O) groups excluding carboxylic acids is 2. The van der Waals surface area contributed by atoms with Gasteiger partial charge in [-0.15, -0.1) is 0 Å². The molecule has 100 valence electrons. The van der Waals surface area contributed by atoms with Gasteiger partial charge in [-0.1, -0.05) is 6.07 Å². The molecule has 1 aromatic rings. The zero-order valence-corrected chi connectivity index (χ0v) is 10.7. The Hall–Kier alpha value is -1.88. The minimum atomic E-state index is -0.222. The van der Waals surface area contributed by atoms with Crippen molar-refractivity contribution < 1.29 is 9.59 Å². The third-order valence-electron chi connectivity index (χ3n) is 3.95. The fourth-order valence-electron chi connectivity index (χ4n) is 2.52. The molecule has 0 radical (unpaired) electrons. The fraction of sp³-hybridized carbons (Fsp3) is 0.429. The van der Waals surface area contributed by atoms with Gasteiger partial charge in [0.2, 0.25) is 5.91 Å². The lowest BCUT2D eigenvalue weighted by atomic mass is 9.78. The Balaban J connectivity index is 1.67. The molecule has 0 unspecified atom stereocenters. The molecular weight excluding hydrogens is 242 g/mol. The summed E-state index contributed by atoms with van der Waals surface area (Å²) in [5, 5.41) is 5.61. The molecule has 1 saturated carbocycles. The Morgan fingerprint density at radius 2 is 2.21 bits per heavy atom. The van der Waals surface area contributed by atoms with E-state index in [1.807, 2.05) is 6.07 Å². The van der Waals surface area contributed by atoms with Crippen molar-refractivity contribution in [1.29, 1.82) is 0 Å². The number of anilines is 1. The summed E-state index contributed by atoms with van der Waals surface area (Å²) < 4.78 is 0. The lowest BCUT2D eigenvalue weighted by Gasteiger charge is -2.38. The SMILES string of the molecule is NC1(CNC(=O)c2ccc3c(c2)NC(=O)C3)CCC1. The second-order valence-electron chi connectivity index (χ2n) is 5.50. The highest BCUT2D eigenvalue weighted by Crippen LogP contribution is 2.28. The molecule has 0 atom stereocenters. The van der Waals surface area contributed by atoms with Crippen molar-refractivity contribution in [1.82, 2.24) is 5.32 Å². The van der Waals surface area contributed by atoms with Crippen molar-refractivity contribution in [2.75, 3.05) is 11.9 Å². The van der Waals surface area contributed by atoms with E-state index in [4.69, 9.17) is 5.73 Å². The highest BCUT2D eigenvalue weighted by molar-refractivity contribution is 6.02. The van der Waals surface area contributed by atoms with Gasteiger partial charge in [0.15, 0.2) is 0 Å². The number of hydrogen-bond donors (Lipinski definition) is 3. The molecular formula is C14H17N3O2. The summed E-state index contributed by atoms with van der Waals surface area (Å²) in [5.41, 5.74) is 8.08. The second kappa shape index (κ2) is 4.35. The summed E-state index contributed by atoms with van der Waals surface area (Å²) >= 11 is 0. The molecule has 0 saturated heterocycles. The maximum atomic E-state index is 12.0. The summed E-state index contributed by atoms with van der Waals surface area (Å²) in [6, 6.07) is 5.29. The van der Waals surface area contributed by atoms with Crippen LogP contribution in [0.5, 0.6) is 0 Å². The Kier molecular flexibility index (Phi) is 2.78. The van der Waals surface area contributed by atoms with Crippen LogP contribution in [0.25, 0.3) is 0 Å². The number of hydrogen-bond acceptors (Lipinski definition) is 3. The highest BCUT2D eigenvalue weighted by atomic mass is 16.2. The first-order valence-corrected chi connectivity index (χ1v) is 6.56. The molecule has 2 amide bonds. The minimum absolute atomic E-state index is 0.0251. The fourth-order valence-corrected chi connectivity index (χ4v) is 2.52. The highest BCUT2D eigenvalue weighted by Gasteiger charge is 2.32. The average molecular weight is 259 g/mol. The molecule has 4 N–H and O–H groups in total. The van der Waals surface area contributed by atoms with Gasteiger partial charge in [-0.2, -0.15) is 0 Å². The minimum Gasteiger partial charge on any atom is -0.350 e. The number of amides is 2. The van der Waals surface area contributed by atoms with Gasteiger partial charge in [0.05, 0.1) is 6.42 Å². The lowest BCUT2D eigenvalue weighted by Crippen LogP contribution is -2.54. The van der Waals surface area contributed by atoms with E-state index in [0.717, 1.165) is 30.5 Å². The summed E-state index contributed by atoms with van der Waals surface area (Å²) in [6.07, 6.45) is 3.46. The van der Waals surface area contributed by atoms with E-state index < -0.39 is 0 Å². The van der Waals surface area contributed by atoms with Crippen molar-refractivity contribution in [3.8, 4) is 0 Å². The number of carbonyl (C=O) groups is 2. The van der Waals surface area contributed by atoms with E-state index in [1.54, 1.807) is 12.1 Å². The maximum absolute atomic E-state index is 12.0. The van der Waals surface area contributed by atoms with Gasteiger partial charge in [0, 0.05) is 23.3 Å². The lowest BCUT2D eigenvalue weighted by molar-refractivity contribution is -0.115. The Morgan fingerprint density at radius 1 is 1.42 bits per heavy atom. The van der Waals surface area contributed by atoms with E-state index in [2.05, 4.69) is 10.6 Å². The molecule has 2 aliphatic rings. The predicted molar refractivity (Wildman–Crippen MR) is 71.9 cm³/mol. The van der Waals surface area contributed by atoms with Crippen LogP contribution in [-0.2, 0) is 11.2 Å². The number of fused-ring (bicyclic) bond motifs is 1. The zero-order chi connectivity index (χ0) is 13.5. The standard InChI is InChI=1S/C14H17N3O2/c15-14(4-1-5-14)8-16-13(19)10-3-2-9-7-12(18)17-11(9)6-10/h2-3,6H,1,4-5,7-8,15H2,(H,16,19)(H,17,18). The van der Waals surface area contributed by atoms with Crippen LogP contribution < -0.4 is 16.4 Å². The molecule has 1 fully saturated rings. The van der Waals surface area contributed by atoms with Gasteiger partial charge < -0.3 is 16.4 Å². The van der Waals surface area contributed by atoms with E-state index in [0.29, 0.717) is 18.5 Å². The maximum Gasteiger partial charge on any atom is 0.251 e. The number of rotatable bonds is 3. The quantitative estimate of drug-likeness (QED) is 0.750. The molecule has 19 heavy (non-hydrogen) atoms. The summed E-state index contributed by atoms with van der Waals surface area (Å²) in [7, 11) is 0. The molecule has 3 rings (SSSR count). The van der Waals surface area contributed by atoms with Crippen molar-refractivity contribution in [2.24, 2.45) is 5.73 Å². The molecule has 5 nitrogen and oxygen atoms in total. The van der Waals surface area contributed by atoms with Gasteiger partial charge in [-0.3, -0.25) is 9.59 Å². The van der Waals surface area contributed by atoms with Crippen molar-refractivity contribution >= 4 is 17.5 Å². The molecule has 1 aliphatic heterocycles. The van der Waals surface area contributed by atoms with Crippen LogP contribution in [0.15, 0.2) is 18.2 Å². The summed E-state index contributed by atoms with van der Waals surface area (Å²) in [4.78, 5) is 23.3. The van der Waals surface area contributed by atoms with Crippen LogP contribution >= 0.6 is 0 Å². The van der Waals surface area contributed by atoms with Gasteiger partial charge in [-0.25, -0.2) is 0 Å². The predicted octanol–water partition coefficient (Wildman–Crippen LogP) is 0.792. The van der Waals surface area contributed by atoms with Crippen LogP contribution in [0.3, 0.4) is 0 Å². The Morgan fingerprint density at radius 3 is 2.89 bits per heavy atom. The number of nitrogens with two attached hydrogens (primary N) is 1. The third-order valence-corrected chi connectivity index (χ3v) is 3.95. The molecule has 1 aromatic carbocycles. The normalized spacial score (nSPS) is 19.3. The van der Waals surface area contributed by atoms with Crippen LogP contribution in [0.1, 0.15) is 35.2 Å². The Bertz CT molecular complexity index is 550. The molecule has 5 heteroatoms. The van der Waals surface area contributed by atoms with E-state index in [1.165, 1.54) is 0 Å². The third kappa shape index (κ3) is 2.33. The average Bonchev–Trinajstić information content (AvgIpc) is 2.72. The van der Waals surface area contributed by atoms with Crippen LogP contribution in [0, 0.1) is 0 Å². The number of benzene rings is 1. The number of nitrogens with one attached hydrogen (secondary N) is 2. The molecule has 0 spiro atoms. The van der Waals surface area contributed by atoms with Crippen molar-refractivity contribution in [2.45, 2.75) is 31.2 Å². The first-order valence-electron chi connectivity index (χ1n) is 6.56. The van der Waals surface area contributed by atoms with E-state index in [-0.39, 0.29) is 17.4 Å². The first kappa shape index (κ1) is 12.2. The van der Waals surface area contributed by atoms with Gasteiger partial charge >= 0.3 is 0 Å². The topological polar surface area (TPSA) is 84.2 Å². The Labute approximate surface area is 111 Å². The summed E-state index contributed by atoms with van der Waals surface area (Å²) in [5.74, 6) is -0.163. The largest absolute Gasteiger partial charge is 0.350 e. The first-order chi connectivity index (χ1) is 9.06. The van der Waals surface area contributed by atoms with E-state index >= 15 is 0 Å². The van der Waals surface area contributed by atoms with Gasteiger partial charge in [0.1, 0.15) is 0 Å². The molecule has 0 aromatic heterocycles. The van der Waals surface area contributed by atoms with E-state index in [9.17, 15) is 9.59 Å². The van der Waals surface area contributed by atoms with Crippen molar-refractivity contribution in [3.05, 3.63) is 29.3 Å². The zero-order valence-electron chi connectivity index (χ0n) is 10.7.